The van der Waals surface area contributed by atoms with Crippen molar-refractivity contribution in [2.45, 2.75) is 38.9 Å². The van der Waals surface area contributed by atoms with E-state index in [-0.39, 0.29) is 5.75 Å². The number of allylic oxidation sites excluding steroid dienone is 2. The first-order valence-electron chi connectivity index (χ1n) is 6.53. The molecule has 1 aromatic rings. The third-order valence-electron chi connectivity index (χ3n) is 3.47. The van der Waals surface area contributed by atoms with E-state index < -0.39 is 11.2 Å². The maximum atomic E-state index is 10.1. The molecule has 1 aromatic carbocycles. The van der Waals surface area contributed by atoms with E-state index in [1.165, 1.54) is 0 Å². The molecule has 20 heavy (non-hydrogen) atoms. The number of aliphatic hydroxyl groups is 1. The lowest BCUT2D eigenvalue weighted by Crippen LogP contribution is -2.49. The lowest BCUT2D eigenvalue weighted by molar-refractivity contribution is -0.0893. The molecule has 0 atom stereocenters. The SMILES string of the molecule is C=C/C=C/c1c(O)cccc1[B]OC(C)(C)C(C)(C)O. The second kappa shape index (κ2) is 6.29. The molecule has 0 saturated carbocycles. The normalized spacial score (nSPS) is 12.7. The van der Waals surface area contributed by atoms with E-state index in [0.717, 1.165) is 5.46 Å². The molecule has 0 fully saturated rings. The molecule has 1 rings (SSSR count). The topological polar surface area (TPSA) is 49.7 Å². The molecule has 2 N–H and O–H groups in total. The summed E-state index contributed by atoms with van der Waals surface area (Å²) in [6.07, 6.45) is 5.14. The fraction of sp³-hybridized carbons (Fsp3) is 0.375. The zero-order valence-electron chi connectivity index (χ0n) is 12.6. The number of rotatable bonds is 6. The van der Waals surface area contributed by atoms with Crippen LogP contribution in [-0.4, -0.2) is 28.9 Å². The van der Waals surface area contributed by atoms with Crippen LogP contribution in [0.3, 0.4) is 0 Å². The summed E-state index contributed by atoms with van der Waals surface area (Å²) in [4.78, 5) is 0. The van der Waals surface area contributed by atoms with Gasteiger partial charge in [-0.1, -0.05) is 36.9 Å². The molecule has 0 unspecified atom stereocenters. The molecule has 1 radical (unpaired) electrons. The van der Waals surface area contributed by atoms with Crippen LogP contribution in [0.25, 0.3) is 6.08 Å². The first kappa shape index (κ1) is 16.5. The Hall–Kier alpha value is -1.52. The third-order valence-corrected chi connectivity index (χ3v) is 3.47. The molecular weight excluding hydrogens is 251 g/mol. The molecule has 0 aliphatic heterocycles. The van der Waals surface area contributed by atoms with Crippen LogP contribution in [0.15, 0.2) is 36.9 Å². The van der Waals surface area contributed by atoms with Crippen LogP contribution in [0.5, 0.6) is 5.75 Å². The minimum Gasteiger partial charge on any atom is -0.507 e. The zero-order valence-corrected chi connectivity index (χ0v) is 12.6. The predicted molar refractivity (Wildman–Crippen MR) is 84.2 cm³/mol. The first-order chi connectivity index (χ1) is 9.19. The predicted octanol–water partition coefficient (Wildman–Crippen LogP) is 2.40. The Bertz CT molecular complexity index is 499. The lowest BCUT2D eigenvalue weighted by Gasteiger charge is -2.37. The van der Waals surface area contributed by atoms with Crippen molar-refractivity contribution in [3.63, 3.8) is 0 Å². The summed E-state index contributed by atoms with van der Waals surface area (Å²) in [5, 5.41) is 20.0. The second-order valence-electron chi connectivity index (χ2n) is 5.68. The van der Waals surface area contributed by atoms with Gasteiger partial charge >= 0.3 is 7.48 Å². The number of aromatic hydroxyl groups is 1. The molecule has 0 aliphatic rings. The van der Waals surface area contributed by atoms with Gasteiger partial charge in [0.05, 0.1) is 11.2 Å². The van der Waals surface area contributed by atoms with Crippen molar-refractivity contribution < 1.29 is 14.9 Å². The summed E-state index contributed by atoms with van der Waals surface area (Å²) in [6.45, 7) is 10.6. The molecule has 0 spiro atoms. The van der Waals surface area contributed by atoms with Crippen LogP contribution in [-0.2, 0) is 4.65 Å². The minimum atomic E-state index is -0.989. The Kier molecular flexibility index (Phi) is 5.20. The molecule has 3 nitrogen and oxygen atoms in total. The average Bonchev–Trinajstić information content (AvgIpc) is 2.34. The van der Waals surface area contributed by atoms with Gasteiger partial charge in [-0.05, 0) is 39.2 Å². The van der Waals surface area contributed by atoms with Gasteiger partial charge in [0.25, 0.3) is 0 Å². The van der Waals surface area contributed by atoms with E-state index in [1.807, 2.05) is 19.9 Å². The summed E-state index contributed by atoms with van der Waals surface area (Å²) < 4.78 is 5.71. The standard InChI is InChI=1S/C16H22BO3/c1-6-7-9-12-13(10-8-11-14(12)18)17-20-16(4,5)15(2,3)19/h6-11,18-19H,1H2,2-5H3/b9-7+. The van der Waals surface area contributed by atoms with Crippen LogP contribution < -0.4 is 5.46 Å². The van der Waals surface area contributed by atoms with Crippen molar-refractivity contribution in [3.05, 3.63) is 42.5 Å². The molecule has 0 aromatic heterocycles. The van der Waals surface area contributed by atoms with Crippen LogP contribution >= 0.6 is 0 Å². The van der Waals surface area contributed by atoms with Crippen molar-refractivity contribution in [1.29, 1.82) is 0 Å². The van der Waals surface area contributed by atoms with E-state index in [0.29, 0.717) is 5.56 Å². The molecule has 0 saturated heterocycles. The second-order valence-corrected chi connectivity index (χ2v) is 5.68. The maximum Gasteiger partial charge on any atom is 0.331 e. The fourth-order valence-electron chi connectivity index (χ4n) is 1.37. The van der Waals surface area contributed by atoms with Gasteiger partial charge in [0.1, 0.15) is 5.75 Å². The van der Waals surface area contributed by atoms with Gasteiger partial charge in [0.15, 0.2) is 0 Å². The number of benzene rings is 1. The van der Waals surface area contributed by atoms with Crippen molar-refractivity contribution in [1.82, 2.24) is 0 Å². The summed E-state index contributed by atoms with van der Waals surface area (Å²) in [5.74, 6) is 0.168. The van der Waals surface area contributed by atoms with Gasteiger partial charge in [0, 0.05) is 5.56 Å². The molecule has 0 aliphatic carbocycles. The Labute approximate surface area is 121 Å². The van der Waals surface area contributed by atoms with Gasteiger partial charge in [-0.3, -0.25) is 0 Å². The van der Waals surface area contributed by atoms with Gasteiger partial charge in [-0.15, -0.1) is 0 Å². The molecule has 107 valence electrons. The quantitative estimate of drug-likeness (QED) is 0.618. The van der Waals surface area contributed by atoms with Crippen molar-refractivity contribution >= 4 is 19.0 Å². The molecule has 4 heteroatoms. The molecular formula is C16H22BO3. The number of phenolic OH excluding ortho intramolecular Hbond substituents is 1. The summed E-state index contributed by atoms with van der Waals surface area (Å²) in [7, 11) is 1.56. The van der Waals surface area contributed by atoms with E-state index in [4.69, 9.17) is 4.65 Å². The minimum absolute atomic E-state index is 0.168. The van der Waals surface area contributed by atoms with E-state index in [9.17, 15) is 10.2 Å². The smallest absolute Gasteiger partial charge is 0.331 e. The van der Waals surface area contributed by atoms with Gasteiger partial charge in [-0.2, -0.15) is 0 Å². The Balaban J connectivity index is 2.96. The molecule has 0 heterocycles. The highest BCUT2D eigenvalue weighted by Crippen LogP contribution is 2.24. The van der Waals surface area contributed by atoms with E-state index in [1.54, 1.807) is 51.7 Å². The van der Waals surface area contributed by atoms with Crippen LogP contribution in [0.1, 0.15) is 33.3 Å². The Morgan fingerprint density at radius 3 is 2.45 bits per heavy atom. The van der Waals surface area contributed by atoms with Crippen molar-refractivity contribution in [3.8, 4) is 5.75 Å². The largest absolute Gasteiger partial charge is 0.507 e. The van der Waals surface area contributed by atoms with Crippen molar-refractivity contribution in [2.24, 2.45) is 0 Å². The Morgan fingerprint density at radius 2 is 1.90 bits per heavy atom. The number of hydrogen-bond acceptors (Lipinski definition) is 3. The van der Waals surface area contributed by atoms with Gasteiger partial charge in [0.2, 0.25) is 0 Å². The molecule has 0 bridgehead atoms. The monoisotopic (exact) mass is 273 g/mol. The van der Waals surface area contributed by atoms with Crippen LogP contribution in [0.2, 0.25) is 0 Å². The lowest BCUT2D eigenvalue weighted by atomic mass is 9.80. The van der Waals surface area contributed by atoms with Crippen molar-refractivity contribution in [2.75, 3.05) is 0 Å². The Morgan fingerprint density at radius 1 is 1.25 bits per heavy atom. The zero-order chi connectivity index (χ0) is 15.4. The summed E-state index contributed by atoms with van der Waals surface area (Å²) in [6, 6.07) is 5.19. The number of phenols is 1. The van der Waals surface area contributed by atoms with Crippen LogP contribution in [0.4, 0.5) is 0 Å². The first-order valence-corrected chi connectivity index (χ1v) is 6.53. The maximum absolute atomic E-state index is 10.1. The van der Waals surface area contributed by atoms with Crippen LogP contribution in [0, 0.1) is 0 Å². The van der Waals surface area contributed by atoms with Gasteiger partial charge < -0.3 is 14.9 Å². The highest BCUT2D eigenvalue weighted by atomic mass is 16.5. The highest BCUT2D eigenvalue weighted by molar-refractivity contribution is 6.48. The van der Waals surface area contributed by atoms with Gasteiger partial charge in [-0.25, -0.2) is 0 Å². The van der Waals surface area contributed by atoms with E-state index in [2.05, 4.69) is 6.58 Å². The fourth-order valence-corrected chi connectivity index (χ4v) is 1.37. The summed E-state index contributed by atoms with van der Waals surface area (Å²) in [5.41, 5.74) is -0.352. The summed E-state index contributed by atoms with van der Waals surface area (Å²) >= 11 is 0. The third kappa shape index (κ3) is 3.99. The average molecular weight is 273 g/mol. The van der Waals surface area contributed by atoms with E-state index >= 15 is 0 Å². The highest BCUT2D eigenvalue weighted by Gasteiger charge is 2.35. The molecule has 0 amide bonds. The number of hydrogen-bond donors (Lipinski definition) is 2.